The highest BCUT2D eigenvalue weighted by Gasteiger charge is 2.20. The maximum Gasteiger partial charge on any atom is 0.238 e. The van der Waals surface area contributed by atoms with Gasteiger partial charge in [0, 0.05) is 18.8 Å². The number of amides is 1. The van der Waals surface area contributed by atoms with Gasteiger partial charge in [-0.25, -0.2) is 8.42 Å². The second-order valence-corrected chi connectivity index (χ2v) is 6.97. The van der Waals surface area contributed by atoms with E-state index in [9.17, 15) is 13.2 Å². The van der Waals surface area contributed by atoms with Gasteiger partial charge in [-0.3, -0.25) is 4.79 Å². The van der Waals surface area contributed by atoms with Crippen LogP contribution in [-0.2, 0) is 21.2 Å². The molecule has 0 fully saturated rings. The van der Waals surface area contributed by atoms with Gasteiger partial charge in [-0.2, -0.15) is 0 Å². The molecule has 0 radical (unpaired) electrons. The first kappa shape index (κ1) is 19.9. The summed E-state index contributed by atoms with van der Waals surface area (Å²) in [6.07, 6.45) is 0.657. The van der Waals surface area contributed by atoms with Gasteiger partial charge in [0.15, 0.2) is 9.84 Å². The Hall–Kier alpha value is -1.11. The lowest BCUT2D eigenvalue weighted by Gasteiger charge is -2.22. The first-order valence-corrected chi connectivity index (χ1v) is 8.53. The number of halogens is 1. The molecule has 0 atom stereocenters. The predicted molar refractivity (Wildman–Crippen MR) is 87.1 cm³/mol. The largest absolute Gasteiger partial charge is 0.337 e. The van der Waals surface area contributed by atoms with Gasteiger partial charge in [0.2, 0.25) is 5.91 Å². The van der Waals surface area contributed by atoms with Gasteiger partial charge in [-0.05, 0) is 18.5 Å². The fraction of sp³-hybridized carbons (Fsp3) is 0.500. The van der Waals surface area contributed by atoms with E-state index in [4.69, 9.17) is 5.73 Å². The van der Waals surface area contributed by atoms with Crippen LogP contribution in [0.4, 0.5) is 0 Å². The van der Waals surface area contributed by atoms with Crippen LogP contribution in [0.5, 0.6) is 0 Å². The zero-order valence-electron chi connectivity index (χ0n) is 12.2. The van der Waals surface area contributed by atoms with Gasteiger partial charge in [-0.1, -0.05) is 37.3 Å². The molecule has 1 amide bonds. The van der Waals surface area contributed by atoms with Gasteiger partial charge < -0.3 is 10.6 Å². The molecule has 0 aliphatic rings. The Bertz CT molecular complexity index is 520. The number of hydrogen-bond donors (Lipinski definition) is 1. The molecule has 0 bridgehead atoms. The third kappa shape index (κ3) is 7.45. The van der Waals surface area contributed by atoms with Crippen molar-refractivity contribution in [3.8, 4) is 0 Å². The average molecular weight is 335 g/mol. The van der Waals surface area contributed by atoms with Crippen molar-refractivity contribution >= 4 is 28.2 Å². The van der Waals surface area contributed by atoms with Gasteiger partial charge in [-0.15, -0.1) is 12.4 Å². The highest BCUT2D eigenvalue weighted by atomic mass is 35.5. The molecule has 0 aliphatic heterocycles. The van der Waals surface area contributed by atoms with Crippen molar-refractivity contribution in [3.05, 3.63) is 35.9 Å². The van der Waals surface area contributed by atoms with E-state index in [1.807, 2.05) is 30.3 Å². The molecule has 0 unspecified atom stereocenters. The molecule has 1 aromatic carbocycles. The van der Waals surface area contributed by atoms with E-state index in [1.165, 1.54) is 0 Å². The molecular weight excluding hydrogens is 312 g/mol. The molecule has 120 valence electrons. The Labute approximate surface area is 132 Å². The summed E-state index contributed by atoms with van der Waals surface area (Å²) >= 11 is 0. The summed E-state index contributed by atoms with van der Waals surface area (Å²) < 4.78 is 23.1. The van der Waals surface area contributed by atoms with Crippen LogP contribution >= 0.6 is 12.4 Å². The molecule has 21 heavy (non-hydrogen) atoms. The van der Waals surface area contributed by atoms with E-state index in [2.05, 4.69) is 0 Å². The highest BCUT2D eigenvalue weighted by Crippen LogP contribution is 2.07. The zero-order valence-corrected chi connectivity index (χ0v) is 13.8. The molecule has 0 spiro atoms. The lowest BCUT2D eigenvalue weighted by Crippen LogP contribution is -2.37. The molecule has 0 aliphatic carbocycles. The minimum absolute atomic E-state index is 0. The van der Waals surface area contributed by atoms with Crippen molar-refractivity contribution < 1.29 is 13.2 Å². The lowest BCUT2D eigenvalue weighted by atomic mass is 10.2. The van der Waals surface area contributed by atoms with Crippen molar-refractivity contribution in [2.75, 3.05) is 24.6 Å². The fourth-order valence-electron chi connectivity index (χ4n) is 1.76. The van der Waals surface area contributed by atoms with Crippen LogP contribution in [0.15, 0.2) is 30.3 Å². The fourth-order valence-corrected chi connectivity index (χ4v) is 2.52. The van der Waals surface area contributed by atoms with Crippen molar-refractivity contribution in [2.45, 2.75) is 19.9 Å². The van der Waals surface area contributed by atoms with Crippen LogP contribution in [0.2, 0.25) is 0 Å². The van der Waals surface area contributed by atoms with Crippen LogP contribution in [0.25, 0.3) is 0 Å². The number of hydrogen-bond acceptors (Lipinski definition) is 4. The second-order valence-electron chi connectivity index (χ2n) is 4.62. The van der Waals surface area contributed by atoms with Crippen LogP contribution in [0, 0.1) is 0 Å². The molecule has 0 saturated heterocycles. The summed E-state index contributed by atoms with van der Waals surface area (Å²) in [5, 5.41) is 0. The maximum absolute atomic E-state index is 12.1. The summed E-state index contributed by atoms with van der Waals surface area (Å²) in [7, 11) is -3.30. The minimum Gasteiger partial charge on any atom is -0.337 e. The molecular formula is C14H23ClN2O3S. The van der Waals surface area contributed by atoms with E-state index in [-0.39, 0.29) is 24.1 Å². The Kier molecular flexibility index (Phi) is 9.24. The minimum atomic E-state index is -3.30. The first-order valence-electron chi connectivity index (χ1n) is 6.70. The third-order valence-electron chi connectivity index (χ3n) is 2.98. The number of benzene rings is 1. The van der Waals surface area contributed by atoms with Crippen LogP contribution < -0.4 is 5.73 Å². The summed E-state index contributed by atoms with van der Waals surface area (Å²) in [6.45, 7) is 2.91. The van der Waals surface area contributed by atoms with E-state index in [0.717, 1.165) is 5.56 Å². The Morgan fingerprint density at radius 3 is 2.38 bits per heavy atom. The maximum atomic E-state index is 12.1. The molecule has 0 heterocycles. The molecule has 1 rings (SSSR count). The van der Waals surface area contributed by atoms with Crippen LogP contribution in [0.3, 0.4) is 0 Å². The monoisotopic (exact) mass is 334 g/mol. The molecule has 0 aromatic heterocycles. The standard InChI is InChI=1S/C14H22N2O3S.ClH/c1-2-20(18,19)12-14(17)16(10-6-9-15)11-13-7-4-3-5-8-13;/h3-5,7-8H,2,6,9-12,15H2,1H3;1H. The quantitative estimate of drug-likeness (QED) is 0.775. The average Bonchev–Trinajstić information content (AvgIpc) is 2.44. The van der Waals surface area contributed by atoms with Crippen molar-refractivity contribution in [3.63, 3.8) is 0 Å². The Balaban J connectivity index is 0.00000400. The molecule has 7 heteroatoms. The number of sulfone groups is 1. The Morgan fingerprint density at radius 2 is 1.86 bits per heavy atom. The molecule has 1 aromatic rings. The van der Waals surface area contributed by atoms with E-state index < -0.39 is 15.6 Å². The lowest BCUT2D eigenvalue weighted by molar-refractivity contribution is -0.129. The third-order valence-corrected chi connectivity index (χ3v) is 4.55. The van der Waals surface area contributed by atoms with Gasteiger partial charge in [0.05, 0.1) is 0 Å². The number of carbonyl (C=O) groups is 1. The normalized spacial score (nSPS) is 10.8. The predicted octanol–water partition coefficient (Wildman–Crippen LogP) is 1.22. The number of carbonyl (C=O) groups excluding carboxylic acids is 1. The number of nitrogens with zero attached hydrogens (tertiary/aromatic N) is 1. The molecule has 0 saturated carbocycles. The van der Waals surface area contributed by atoms with Crippen molar-refractivity contribution in [1.29, 1.82) is 0 Å². The molecule has 2 N–H and O–H groups in total. The van der Waals surface area contributed by atoms with E-state index in [0.29, 0.717) is 26.1 Å². The number of rotatable bonds is 8. The highest BCUT2D eigenvalue weighted by molar-refractivity contribution is 7.92. The SMILES string of the molecule is CCS(=O)(=O)CC(=O)N(CCCN)Cc1ccccc1.Cl. The smallest absolute Gasteiger partial charge is 0.238 e. The van der Waals surface area contributed by atoms with Crippen LogP contribution in [-0.4, -0.2) is 43.8 Å². The van der Waals surface area contributed by atoms with Crippen molar-refractivity contribution in [1.82, 2.24) is 4.90 Å². The second kappa shape index (κ2) is 9.76. The molecule has 5 nitrogen and oxygen atoms in total. The first-order chi connectivity index (χ1) is 9.48. The van der Waals surface area contributed by atoms with Gasteiger partial charge in [0.25, 0.3) is 0 Å². The topological polar surface area (TPSA) is 80.5 Å². The number of nitrogens with two attached hydrogens (primary N) is 1. The summed E-state index contributed by atoms with van der Waals surface area (Å²) in [5.74, 6) is -0.806. The van der Waals surface area contributed by atoms with E-state index >= 15 is 0 Å². The van der Waals surface area contributed by atoms with Gasteiger partial charge >= 0.3 is 0 Å². The Morgan fingerprint density at radius 1 is 1.24 bits per heavy atom. The van der Waals surface area contributed by atoms with Crippen molar-refractivity contribution in [2.24, 2.45) is 5.73 Å². The zero-order chi connectivity index (χ0) is 15.0. The van der Waals surface area contributed by atoms with Crippen LogP contribution in [0.1, 0.15) is 18.9 Å². The summed E-state index contributed by atoms with van der Waals surface area (Å²) in [4.78, 5) is 13.7. The summed E-state index contributed by atoms with van der Waals surface area (Å²) in [5.41, 5.74) is 6.45. The summed E-state index contributed by atoms with van der Waals surface area (Å²) in [6, 6.07) is 9.51. The van der Waals surface area contributed by atoms with Gasteiger partial charge in [0.1, 0.15) is 5.75 Å². The van der Waals surface area contributed by atoms with E-state index in [1.54, 1.807) is 11.8 Å².